The molecule has 1 fully saturated rings. The molecule has 0 spiro atoms. The lowest BCUT2D eigenvalue weighted by atomic mass is 9.97. The van der Waals surface area contributed by atoms with Crippen LogP contribution in [0.15, 0.2) is 41.8 Å². The number of nitrogens with one attached hydrogen (secondary N) is 1. The highest BCUT2D eigenvalue weighted by Crippen LogP contribution is 2.24. The molecule has 1 aliphatic rings. The Morgan fingerprint density at radius 1 is 1.21 bits per heavy atom. The standard InChI is InChI=1S/C20H28N2OS/c1-2-19(20-4-3-13-24-20)21-14-16-5-7-18(8-6-16)22-11-9-17(15-23)10-12-22/h3-8,13,17,19,21,23H,2,9-12,14-15H2,1H3. The first-order valence-corrected chi connectivity index (χ1v) is 9.89. The zero-order valence-electron chi connectivity index (χ0n) is 14.4. The highest BCUT2D eigenvalue weighted by Gasteiger charge is 2.18. The molecule has 2 aromatic rings. The zero-order valence-corrected chi connectivity index (χ0v) is 15.3. The second-order valence-corrected chi connectivity index (χ2v) is 7.62. The molecule has 3 rings (SSSR count). The number of anilines is 1. The minimum absolute atomic E-state index is 0.335. The number of piperidine rings is 1. The molecular formula is C20H28N2OS. The average Bonchev–Trinajstić information content (AvgIpc) is 3.17. The number of aliphatic hydroxyl groups excluding tert-OH is 1. The number of aliphatic hydroxyl groups is 1. The van der Waals surface area contributed by atoms with E-state index in [1.807, 2.05) is 11.3 Å². The summed E-state index contributed by atoms with van der Waals surface area (Å²) in [6.45, 7) is 5.58. The lowest BCUT2D eigenvalue weighted by Crippen LogP contribution is -2.34. The molecular weight excluding hydrogens is 316 g/mol. The van der Waals surface area contributed by atoms with Crippen molar-refractivity contribution in [3.8, 4) is 0 Å². The van der Waals surface area contributed by atoms with Crippen molar-refractivity contribution in [1.82, 2.24) is 5.32 Å². The van der Waals surface area contributed by atoms with Gasteiger partial charge in [0.05, 0.1) is 0 Å². The molecule has 2 heterocycles. The number of hydrogen-bond donors (Lipinski definition) is 2. The molecule has 1 saturated heterocycles. The van der Waals surface area contributed by atoms with Crippen LogP contribution in [0.3, 0.4) is 0 Å². The van der Waals surface area contributed by atoms with E-state index in [0.717, 1.165) is 38.9 Å². The molecule has 0 amide bonds. The van der Waals surface area contributed by atoms with E-state index in [4.69, 9.17) is 0 Å². The van der Waals surface area contributed by atoms with E-state index in [1.54, 1.807) is 0 Å². The van der Waals surface area contributed by atoms with Crippen LogP contribution in [-0.4, -0.2) is 24.8 Å². The summed E-state index contributed by atoms with van der Waals surface area (Å²) in [5.41, 5.74) is 2.64. The summed E-state index contributed by atoms with van der Waals surface area (Å²) < 4.78 is 0. The Kier molecular flexibility index (Phi) is 6.30. The lowest BCUT2D eigenvalue weighted by Gasteiger charge is -2.33. The Morgan fingerprint density at radius 2 is 1.96 bits per heavy atom. The van der Waals surface area contributed by atoms with Crippen molar-refractivity contribution < 1.29 is 5.11 Å². The summed E-state index contributed by atoms with van der Waals surface area (Å²) in [7, 11) is 0. The highest BCUT2D eigenvalue weighted by atomic mass is 32.1. The van der Waals surface area contributed by atoms with Gasteiger partial charge in [-0.25, -0.2) is 0 Å². The fourth-order valence-corrected chi connectivity index (χ4v) is 4.26. The fraction of sp³-hybridized carbons (Fsp3) is 0.500. The van der Waals surface area contributed by atoms with Gasteiger partial charge >= 0.3 is 0 Å². The summed E-state index contributed by atoms with van der Waals surface area (Å²) in [5.74, 6) is 0.493. The maximum atomic E-state index is 9.25. The fourth-order valence-electron chi connectivity index (χ4n) is 3.38. The molecule has 3 nitrogen and oxygen atoms in total. The molecule has 0 saturated carbocycles. The van der Waals surface area contributed by atoms with Crippen molar-refractivity contribution in [2.45, 2.75) is 38.8 Å². The van der Waals surface area contributed by atoms with E-state index < -0.39 is 0 Å². The van der Waals surface area contributed by atoms with Gasteiger partial charge in [0.1, 0.15) is 0 Å². The highest BCUT2D eigenvalue weighted by molar-refractivity contribution is 7.10. The predicted octanol–water partition coefficient (Wildman–Crippen LogP) is 4.20. The topological polar surface area (TPSA) is 35.5 Å². The Balaban J connectivity index is 1.53. The Labute approximate surface area is 149 Å². The second kappa shape index (κ2) is 8.65. The van der Waals surface area contributed by atoms with Crippen molar-refractivity contribution in [3.63, 3.8) is 0 Å². The van der Waals surface area contributed by atoms with Crippen LogP contribution in [-0.2, 0) is 6.54 Å². The molecule has 0 radical (unpaired) electrons. The van der Waals surface area contributed by atoms with E-state index >= 15 is 0 Å². The first-order valence-electron chi connectivity index (χ1n) is 9.01. The number of thiophene rings is 1. The molecule has 24 heavy (non-hydrogen) atoms. The maximum absolute atomic E-state index is 9.25. The molecule has 1 unspecified atom stereocenters. The van der Waals surface area contributed by atoms with Crippen molar-refractivity contribution in [3.05, 3.63) is 52.2 Å². The van der Waals surface area contributed by atoms with E-state index in [1.165, 1.54) is 16.1 Å². The van der Waals surface area contributed by atoms with Crippen LogP contribution in [0.5, 0.6) is 0 Å². The third-order valence-corrected chi connectivity index (χ3v) is 6.01. The minimum atomic E-state index is 0.335. The van der Waals surface area contributed by atoms with Crippen LogP contribution in [0.2, 0.25) is 0 Å². The molecule has 1 atom stereocenters. The molecule has 4 heteroatoms. The molecule has 0 aliphatic carbocycles. The molecule has 0 bridgehead atoms. The number of benzene rings is 1. The smallest absolute Gasteiger partial charge is 0.0460 e. The Morgan fingerprint density at radius 3 is 2.54 bits per heavy atom. The quantitative estimate of drug-likeness (QED) is 0.790. The first-order chi connectivity index (χ1) is 11.8. The van der Waals surface area contributed by atoms with Crippen molar-refractivity contribution in [2.75, 3.05) is 24.6 Å². The lowest BCUT2D eigenvalue weighted by molar-refractivity contribution is 0.203. The van der Waals surface area contributed by atoms with Gasteiger partial charge in [-0.2, -0.15) is 0 Å². The van der Waals surface area contributed by atoms with Gasteiger partial charge in [0.2, 0.25) is 0 Å². The predicted molar refractivity (Wildman–Crippen MR) is 103 cm³/mol. The van der Waals surface area contributed by atoms with Gasteiger partial charge in [-0.05, 0) is 54.3 Å². The van der Waals surface area contributed by atoms with E-state index in [-0.39, 0.29) is 0 Å². The molecule has 2 N–H and O–H groups in total. The second-order valence-electron chi connectivity index (χ2n) is 6.64. The van der Waals surface area contributed by atoms with Crippen molar-refractivity contribution >= 4 is 17.0 Å². The summed E-state index contributed by atoms with van der Waals surface area (Å²) in [4.78, 5) is 3.85. The van der Waals surface area contributed by atoms with Crippen LogP contribution in [0.1, 0.15) is 42.7 Å². The van der Waals surface area contributed by atoms with Gasteiger partial charge in [-0.3, -0.25) is 0 Å². The monoisotopic (exact) mass is 344 g/mol. The third-order valence-electron chi connectivity index (χ3n) is 5.02. The van der Waals surface area contributed by atoms with Gasteiger partial charge in [-0.1, -0.05) is 25.1 Å². The van der Waals surface area contributed by atoms with Crippen LogP contribution in [0, 0.1) is 5.92 Å². The summed E-state index contributed by atoms with van der Waals surface area (Å²) in [6, 6.07) is 13.7. The zero-order chi connectivity index (χ0) is 16.8. The van der Waals surface area contributed by atoms with Gasteiger partial charge in [0.25, 0.3) is 0 Å². The molecule has 1 aromatic heterocycles. The molecule has 1 aliphatic heterocycles. The third kappa shape index (κ3) is 4.38. The Bertz CT molecular complexity index is 589. The van der Waals surface area contributed by atoms with Crippen LogP contribution in [0.25, 0.3) is 0 Å². The van der Waals surface area contributed by atoms with Gasteiger partial charge in [-0.15, -0.1) is 11.3 Å². The largest absolute Gasteiger partial charge is 0.396 e. The first kappa shape index (κ1) is 17.5. The molecule has 1 aromatic carbocycles. The van der Waals surface area contributed by atoms with E-state index in [2.05, 4.69) is 58.9 Å². The summed E-state index contributed by atoms with van der Waals surface area (Å²) in [5, 5.41) is 15.1. The minimum Gasteiger partial charge on any atom is -0.396 e. The van der Waals surface area contributed by atoms with E-state index in [0.29, 0.717) is 18.6 Å². The summed E-state index contributed by atoms with van der Waals surface area (Å²) in [6.07, 6.45) is 3.30. The van der Waals surface area contributed by atoms with Crippen LogP contribution >= 0.6 is 11.3 Å². The van der Waals surface area contributed by atoms with Gasteiger partial charge in [0.15, 0.2) is 0 Å². The number of nitrogens with zero attached hydrogens (tertiary/aromatic N) is 1. The van der Waals surface area contributed by atoms with Gasteiger partial charge < -0.3 is 15.3 Å². The van der Waals surface area contributed by atoms with Crippen LogP contribution < -0.4 is 10.2 Å². The van der Waals surface area contributed by atoms with Crippen LogP contribution in [0.4, 0.5) is 5.69 Å². The Hall–Kier alpha value is -1.36. The maximum Gasteiger partial charge on any atom is 0.0460 e. The van der Waals surface area contributed by atoms with Gasteiger partial charge in [0, 0.05) is 42.8 Å². The van der Waals surface area contributed by atoms with Crippen molar-refractivity contribution in [1.29, 1.82) is 0 Å². The number of rotatable bonds is 7. The number of hydrogen-bond acceptors (Lipinski definition) is 4. The van der Waals surface area contributed by atoms with E-state index in [9.17, 15) is 5.11 Å². The SMILES string of the molecule is CCC(NCc1ccc(N2CCC(CO)CC2)cc1)c1cccs1. The average molecular weight is 345 g/mol. The normalized spacial score (nSPS) is 17.2. The molecule has 130 valence electrons. The summed E-state index contributed by atoms with van der Waals surface area (Å²) >= 11 is 1.83. The van der Waals surface area contributed by atoms with Crippen molar-refractivity contribution in [2.24, 2.45) is 5.92 Å².